The second-order valence-corrected chi connectivity index (χ2v) is 7.37. The van der Waals surface area contributed by atoms with Crippen LogP contribution in [-0.2, 0) is 0 Å². The van der Waals surface area contributed by atoms with Crippen LogP contribution in [0.3, 0.4) is 0 Å². The van der Waals surface area contributed by atoms with Crippen LogP contribution >= 0.6 is 27.5 Å². The summed E-state index contributed by atoms with van der Waals surface area (Å²) in [4.78, 5) is 0. The maximum absolute atomic E-state index is 6.35. The minimum Gasteiger partial charge on any atom is -0.456 e. The molecule has 0 unspecified atom stereocenters. The zero-order chi connectivity index (χ0) is 17.0. The quantitative estimate of drug-likeness (QED) is 0.276. The van der Waals surface area contributed by atoms with E-state index < -0.39 is 0 Å². The minimum absolute atomic E-state index is 0.720. The highest BCUT2D eigenvalue weighted by atomic mass is 79.9. The van der Waals surface area contributed by atoms with Gasteiger partial charge < -0.3 is 4.42 Å². The third-order valence-electron chi connectivity index (χ3n) is 4.59. The van der Waals surface area contributed by atoms with Gasteiger partial charge in [-0.2, -0.15) is 0 Å². The molecule has 0 aliphatic heterocycles. The minimum atomic E-state index is 0.720. The van der Waals surface area contributed by atoms with Gasteiger partial charge in [0.25, 0.3) is 0 Å². The Morgan fingerprint density at radius 2 is 1.60 bits per heavy atom. The number of halogens is 2. The van der Waals surface area contributed by atoms with Crippen molar-refractivity contribution in [3.8, 4) is 11.1 Å². The fourth-order valence-corrected chi connectivity index (χ4v) is 4.27. The summed E-state index contributed by atoms with van der Waals surface area (Å²) >= 11 is 10.0. The molecule has 0 bridgehead atoms. The zero-order valence-electron chi connectivity index (χ0n) is 13.1. The van der Waals surface area contributed by atoms with Gasteiger partial charge >= 0.3 is 0 Å². The van der Waals surface area contributed by atoms with Crippen LogP contribution in [-0.4, -0.2) is 0 Å². The lowest BCUT2D eigenvalue weighted by Gasteiger charge is -2.07. The van der Waals surface area contributed by atoms with E-state index in [1.165, 1.54) is 10.8 Å². The molecule has 4 aromatic carbocycles. The molecule has 0 radical (unpaired) electrons. The Labute approximate surface area is 157 Å². The lowest BCUT2D eigenvalue weighted by Crippen LogP contribution is -1.81. The third-order valence-corrected chi connectivity index (χ3v) is 5.56. The van der Waals surface area contributed by atoms with Crippen LogP contribution in [0.15, 0.2) is 81.7 Å². The van der Waals surface area contributed by atoms with Crippen molar-refractivity contribution in [2.24, 2.45) is 0 Å². The van der Waals surface area contributed by atoms with Crippen LogP contribution in [0.1, 0.15) is 0 Å². The standard InChI is InChI=1S/C22H12BrClO/c23-18-11-15(10-14-4-1-2-5-16(14)18)13-8-9-17-21(12-13)25-20-7-3-6-19(24)22(17)20/h1-12H. The predicted octanol–water partition coefficient (Wildman–Crippen LogP) is 7.82. The second-order valence-electron chi connectivity index (χ2n) is 6.11. The zero-order valence-corrected chi connectivity index (χ0v) is 15.4. The average molecular weight is 408 g/mol. The predicted molar refractivity (Wildman–Crippen MR) is 109 cm³/mol. The molecule has 3 heteroatoms. The fraction of sp³-hybridized carbons (Fsp3) is 0. The molecule has 0 fully saturated rings. The van der Waals surface area contributed by atoms with E-state index in [1.54, 1.807) is 0 Å². The van der Waals surface area contributed by atoms with E-state index in [0.29, 0.717) is 0 Å². The van der Waals surface area contributed by atoms with Gasteiger partial charge in [-0.15, -0.1) is 0 Å². The molecule has 0 spiro atoms. The summed E-state index contributed by atoms with van der Waals surface area (Å²) in [5.74, 6) is 0. The van der Waals surface area contributed by atoms with Crippen molar-refractivity contribution in [3.63, 3.8) is 0 Å². The first kappa shape index (κ1) is 15.0. The van der Waals surface area contributed by atoms with Crippen LogP contribution < -0.4 is 0 Å². The molecular weight excluding hydrogens is 396 g/mol. The van der Waals surface area contributed by atoms with Crippen LogP contribution in [0.2, 0.25) is 5.02 Å². The van der Waals surface area contributed by atoms with Gasteiger partial charge in [-0.3, -0.25) is 0 Å². The normalized spacial score (nSPS) is 11.6. The molecule has 120 valence electrons. The van der Waals surface area contributed by atoms with Crippen molar-refractivity contribution in [1.29, 1.82) is 0 Å². The van der Waals surface area contributed by atoms with E-state index >= 15 is 0 Å². The Hall–Kier alpha value is -2.29. The molecule has 0 amide bonds. The van der Waals surface area contributed by atoms with Crippen molar-refractivity contribution in [2.75, 3.05) is 0 Å². The van der Waals surface area contributed by atoms with Gasteiger partial charge in [-0.05, 0) is 58.3 Å². The Morgan fingerprint density at radius 1 is 0.720 bits per heavy atom. The molecule has 0 saturated carbocycles. The Kier molecular flexibility index (Phi) is 3.37. The van der Waals surface area contributed by atoms with Gasteiger partial charge in [0.1, 0.15) is 11.2 Å². The van der Waals surface area contributed by atoms with E-state index in [2.05, 4.69) is 70.5 Å². The largest absolute Gasteiger partial charge is 0.456 e. The van der Waals surface area contributed by atoms with E-state index in [9.17, 15) is 0 Å². The summed E-state index contributed by atoms with van der Waals surface area (Å²) in [5.41, 5.74) is 3.94. The molecule has 5 aromatic rings. The topological polar surface area (TPSA) is 13.1 Å². The summed E-state index contributed by atoms with van der Waals surface area (Å²) in [6, 6.07) is 24.8. The highest BCUT2D eigenvalue weighted by Crippen LogP contribution is 2.37. The van der Waals surface area contributed by atoms with Crippen LogP contribution in [0.5, 0.6) is 0 Å². The van der Waals surface area contributed by atoms with Gasteiger partial charge in [0, 0.05) is 15.2 Å². The number of benzene rings is 4. The summed E-state index contributed by atoms with van der Waals surface area (Å²) in [6.07, 6.45) is 0. The van der Waals surface area contributed by atoms with E-state index in [0.717, 1.165) is 42.6 Å². The monoisotopic (exact) mass is 406 g/mol. The highest BCUT2D eigenvalue weighted by molar-refractivity contribution is 9.10. The first-order chi connectivity index (χ1) is 12.2. The fourth-order valence-electron chi connectivity index (χ4n) is 3.39. The first-order valence-corrected chi connectivity index (χ1v) is 9.17. The van der Waals surface area contributed by atoms with Crippen LogP contribution in [0, 0.1) is 0 Å². The molecule has 1 aromatic heterocycles. The Bertz CT molecular complexity index is 1270. The Balaban J connectivity index is 1.76. The van der Waals surface area contributed by atoms with E-state index in [4.69, 9.17) is 16.0 Å². The molecule has 1 nitrogen and oxygen atoms in total. The average Bonchev–Trinajstić information content (AvgIpc) is 3.00. The molecule has 1 heterocycles. The number of furan rings is 1. The summed E-state index contributed by atoms with van der Waals surface area (Å²) in [7, 11) is 0. The van der Waals surface area contributed by atoms with Crippen molar-refractivity contribution in [2.45, 2.75) is 0 Å². The molecule has 0 aliphatic rings. The number of hydrogen-bond donors (Lipinski definition) is 0. The molecule has 0 atom stereocenters. The number of fused-ring (bicyclic) bond motifs is 4. The summed E-state index contributed by atoms with van der Waals surface area (Å²) in [6.45, 7) is 0. The van der Waals surface area contributed by atoms with E-state index in [1.807, 2.05) is 18.2 Å². The van der Waals surface area contributed by atoms with Crippen molar-refractivity contribution >= 4 is 60.2 Å². The van der Waals surface area contributed by atoms with Crippen molar-refractivity contribution < 1.29 is 4.42 Å². The van der Waals surface area contributed by atoms with E-state index in [-0.39, 0.29) is 0 Å². The molecule has 0 aliphatic carbocycles. The smallest absolute Gasteiger partial charge is 0.136 e. The molecule has 25 heavy (non-hydrogen) atoms. The SMILES string of the molecule is Clc1cccc2oc3cc(-c4cc(Br)c5ccccc5c4)ccc3c12. The molecule has 0 N–H and O–H groups in total. The van der Waals surface area contributed by atoms with Gasteiger partial charge in [0.15, 0.2) is 0 Å². The molecule has 5 rings (SSSR count). The van der Waals surface area contributed by atoms with Crippen molar-refractivity contribution in [1.82, 2.24) is 0 Å². The van der Waals surface area contributed by atoms with Gasteiger partial charge in [0.2, 0.25) is 0 Å². The third kappa shape index (κ3) is 2.37. The summed E-state index contributed by atoms with van der Waals surface area (Å²) < 4.78 is 7.11. The summed E-state index contributed by atoms with van der Waals surface area (Å²) in [5, 5.41) is 5.16. The number of hydrogen-bond acceptors (Lipinski definition) is 1. The lowest BCUT2D eigenvalue weighted by molar-refractivity contribution is 0.669. The lowest BCUT2D eigenvalue weighted by atomic mass is 10.00. The number of rotatable bonds is 1. The first-order valence-electron chi connectivity index (χ1n) is 8.00. The molecule has 0 saturated heterocycles. The highest BCUT2D eigenvalue weighted by Gasteiger charge is 2.11. The maximum atomic E-state index is 6.35. The van der Waals surface area contributed by atoms with Gasteiger partial charge in [-0.1, -0.05) is 63.9 Å². The van der Waals surface area contributed by atoms with Gasteiger partial charge in [-0.25, -0.2) is 0 Å². The second kappa shape index (κ2) is 5.62. The molecular formula is C22H12BrClO. The van der Waals surface area contributed by atoms with Crippen LogP contribution in [0.25, 0.3) is 43.8 Å². The van der Waals surface area contributed by atoms with Crippen LogP contribution in [0.4, 0.5) is 0 Å². The van der Waals surface area contributed by atoms with Crippen molar-refractivity contribution in [3.05, 3.63) is 82.3 Å². The maximum Gasteiger partial charge on any atom is 0.136 e. The van der Waals surface area contributed by atoms with Gasteiger partial charge in [0.05, 0.1) is 5.02 Å². The Morgan fingerprint density at radius 3 is 2.52 bits per heavy atom.